The van der Waals surface area contributed by atoms with E-state index in [4.69, 9.17) is 11.6 Å². The molecule has 6 aliphatic rings. The van der Waals surface area contributed by atoms with Gasteiger partial charge in [-0.25, -0.2) is 8.42 Å². The summed E-state index contributed by atoms with van der Waals surface area (Å²) in [5.41, 5.74) is -2.41. The van der Waals surface area contributed by atoms with E-state index in [0.717, 1.165) is 82.9 Å². The van der Waals surface area contributed by atoms with Crippen molar-refractivity contribution < 1.29 is 79.1 Å². The Kier molecular flexibility index (Phi) is 29.7. The Bertz CT molecular complexity index is 3360. The van der Waals surface area contributed by atoms with Gasteiger partial charge < -0.3 is 60.0 Å². The van der Waals surface area contributed by atoms with Gasteiger partial charge in [0.05, 0.1) is 42.4 Å². The third kappa shape index (κ3) is 22.0. The zero-order valence-electron chi connectivity index (χ0n) is 61.8. The first kappa shape index (κ1) is 83.2. The molecule has 3 heterocycles. The minimum atomic E-state index is -4.77. The maximum atomic E-state index is 15.8. The first-order valence-corrected chi connectivity index (χ1v) is 39.2. The summed E-state index contributed by atoms with van der Waals surface area (Å²) in [6.45, 7) is 2.38. The molecule has 6 fully saturated rings. The Morgan fingerprint density at radius 1 is 0.612 bits per heavy atom. The molecule has 576 valence electrons. The Morgan fingerprint density at radius 3 is 1.81 bits per heavy atom. The second-order valence-electron chi connectivity index (χ2n) is 30.3. The zero-order valence-corrected chi connectivity index (χ0v) is 63.4. The molecule has 0 unspecified atom stereocenters. The molecule has 3 N–H and O–H groups in total. The number of nitrogens with one attached hydrogen (secondary N) is 3. The van der Waals surface area contributed by atoms with Crippen LogP contribution in [-0.2, 0) is 80.0 Å². The molecular formula is C72H110ClF3N12O14S. The lowest BCUT2D eigenvalue weighted by Crippen LogP contribution is -2.65. The van der Waals surface area contributed by atoms with Gasteiger partial charge in [-0.05, 0) is 125 Å². The fourth-order valence-corrected chi connectivity index (χ4v) is 16.8. The molecule has 7 rings (SSSR count). The van der Waals surface area contributed by atoms with Crippen molar-refractivity contribution in [3.05, 3.63) is 34.3 Å². The number of aryl methyl sites for hydroxylation is 1. The zero-order chi connectivity index (χ0) is 76.0. The van der Waals surface area contributed by atoms with Crippen LogP contribution in [0.15, 0.2) is 18.2 Å². The molecule has 0 bridgehead atoms. The van der Waals surface area contributed by atoms with Gasteiger partial charge in [0, 0.05) is 75.2 Å². The molecule has 1 spiro atoms. The van der Waals surface area contributed by atoms with Crippen molar-refractivity contribution in [1.82, 2.24) is 60.0 Å². The molecule has 0 aromatic heterocycles. The van der Waals surface area contributed by atoms with Crippen LogP contribution in [0.1, 0.15) is 179 Å². The molecule has 12 amide bonds. The van der Waals surface area contributed by atoms with Crippen LogP contribution in [0, 0.1) is 17.8 Å². The molecule has 1 aromatic carbocycles. The number of sulfone groups is 1. The Labute approximate surface area is 609 Å². The molecule has 31 heteroatoms. The second kappa shape index (κ2) is 36.7. The van der Waals surface area contributed by atoms with Crippen molar-refractivity contribution in [2.45, 2.75) is 228 Å². The average Bonchev–Trinajstić information content (AvgIpc) is 1.76. The number of likely N-dealkylation sites (tertiary alicyclic amines) is 1. The number of amides is 12. The number of nitrogens with zero attached hydrogens (tertiary/aromatic N) is 9. The Hall–Kier alpha value is -7.11. The Balaban J connectivity index is 1.30. The van der Waals surface area contributed by atoms with E-state index >= 15 is 28.8 Å². The molecule has 103 heavy (non-hydrogen) atoms. The number of hydrogen-bond acceptors (Lipinski definition) is 14. The number of benzene rings is 1. The highest BCUT2D eigenvalue weighted by Crippen LogP contribution is 2.39. The number of alkyl halides is 3. The molecular weight excluding hydrogens is 1380 g/mol. The van der Waals surface area contributed by atoms with Crippen LogP contribution in [0.2, 0.25) is 5.02 Å². The topological polar surface area (TPSA) is 304 Å². The fourth-order valence-electron chi connectivity index (χ4n) is 15.8. The number of carbonyl (C=O) groups is 12. The summed E-state index contributed by atoms with van der Waals surface area (Å²) in [6, 6.07) is -6.37. The van der Waals surface area contributed by atoms with Crippen molar-refractivity contribution in [2.24, 2.45) is 17.8 Å². The van der Waals surface area contributed by atoms with Crippen LogP contribution in [0.4, 0.5) is 13.2 Å². The third-order valence-electron chi connectivity index (χ3n) is 22.0. The lowest BCUT2D eigenvalue weighted by Gasteiger charge is -2.43. The lowest BCUT2D eigenvalue weighted by atomic mass is 9.81. The summed E-state index contributed by atoms with van der Waals surface area (Å²) in [7, 11) is 5.75. The smallest absolute Gasteiger partial charge is 0.343 e. The Morgan fingerprint density at radius 2 is 1.20 bits per heavy atom. The van der Waals surface area contributed by atoms with Gasteiger partial charge in [-0.1, -0.05) is 95.7 Å². The number of likely N-dealkylation sites (N-methyl/N-ethyl adjacent to an activating group) is 7. The van der Waals surface area contributed by atoms with E-state index in [-0.39, 0.29) is 68.9 Å². The van der Waals surface area contributed by atoms with Crippen LogP contribution in [0.3, 0.4) is 0 Å². The molecule has 26 nitrogen and oxygen atoms in total. The van der Waals surface area contributed by atoms with Gasteiger partial charge in [0.25, 0.3) is 0 Å². The summed E-state index contributed by atoms with van der Waals surface area (Å²) in [4.78, 5) is 190. The summed E-state index contributed by atoms with van der Waals surface area (Å²) in [6.07, 6.45) is 6.16. The SMILES string of the molecule is CC(C)C[C@@H]1NC(=O)[C@H](CCS(C)(=O)=O)N(C)C(=O)C[C@@H](C(=O)N2CCCCC2)N(C)C(=O)[C@H](C2CCCCC2)N(C)C(=O)C2(CCCC2)NC(=O)[C@@H]2CCCN2C(=O)[C@H](CCc2ccc(C(F)(F)F)c(Cl)c2)NC(=O)CN(C)C(=O)[C@H](CC2CCCCC2)N(C)C(=O)CN(C)C(=O)CN(C)C1=O. The molecule has 3 saturated carbocycles. The van der Waals surface area contributed by atoms with Crippen molar-refractivity contribution in [3.63, 3.8) is 0 Å². The van der Waals surface area contributed by atoms with E-state index in [1.165, 1.54) is 75.0 Å². The minimum absolute atomic E-state index is 0.00826. The second-order valence-corrected chi connectivity index (χ2v) is 32.9. The van der Waals surface area contributed by atoms with Crippen LogP contribution in [0.25, 0.3) is 0 Å². The van der Waals surface area contributed by atoms with E-state index in [2.05, 4.69) is 16.0 Å². The normalized spacial score (nSPS) is 26.3. The van der Waals surface area contributed by atoms with Gasteiger partial charge in [-0.3, -0.25) is 57.5 Å². The first-order chi connectivity index (χ1) is 48.4. The van der Waals surface area contributed by atoms with Gasteiger partial charge in [-0.2, -0.15) is 13.2 Å². The van der Waals surface area contributed by atoms with E-state index in [1.807, 2.05) is 0 Å². The van der Waals surface area contributed by atoms with E-state index in [0.29, 0.717) is 70.9 Å². The van der Waals surface area contributed by atoms with Crippen LogP contribution in [0.5, 0.6) is 0 Å². The maximum Gasteiger partial charge on any atom is 0.417 e. The van der Waals surface area contributed by atoms with E-state index in [9.17, 15) is 50.4 Å². The van der Waals surface area contributed by atoms with Gasteiger partial charge in [0.1, 0.15) is 57.7 Å². The van der Waals surface area contributed by atoms with E-state index < -0.39 is 189 Å². The fraction of sp³-hybridized carbons (Fsp3) is 0.750. The molecule has 3 aliphatic heterocycles. The van der Waals surface area contributed by atoms with Crippen molar-refractivity contribution >= 4 is 92.3 Å². The largest absolute Gasteiger partial charge is 0.417 e. The highest BCUT2D eigenvalue weighted by molar-refractivity contribution is 7.90. The van der Waals surface area contributed by atoms with Gasteiger partial charge in [-0.15, -0.1) is 0 Å². The number of rotatable bonds is 12. The predicted molar refractivity (Wildman–Crippen MR) is 378 cm³/mol. The van der Waals surface area contributed by atoms with Crippen LogP contribution < -0.4 is 16.0 Å². The lowest BCUT2D eigenvalue weighted by molar-refractivity contribution is -0.157. The monoisotopic (exact) mass is 1490 g/mol. The minimum Gasteiger partial charge on any atom is -0.343 e. The highest BCUT2D eigenvalue weighted by atomic mass is 35.5. The summed E-state index contributed by atoms with van der Waals surface area (Å²) in [5, 5.41) is 7.95. The molecule has 3 saturated heterocycles. The summed E-state index contributed by atoms with van der Waals surface area (Å²) >= 11 is 6.16. The third-order valence-corrected chi connectivity index (χ3v) is 23.3. The number of fused-ring (bicyclic) bond motifs is 1. The number of halogens is 4. The van der Waals surface area contributed by atoms with Crippen LogP contribution in [-0.4, -0.2) is 272 Å². The number of hydrogen-bond donors (Lipinski definition) is 3. The average molecular weight is 1490 g/mol. The van der Waals surface area contributed by atoms with Crippen molar-refractivity contribution in [2.75, 3.05) is 101 Å². The molecule has 3 aliphatic carbocycles. The summed E-state index contributed by atoms with van der Waals surface area (Å²) < 4.78 is 67.4. The van der Waals surface area contributed by atoms with Gasteiger partial charge in [0.15, 0.2) is 0 Å². The van der Waals surface area contributed by atoms with Crippen LogP contribution >= 0.6 is 11.6 Å². The standard InChI is InChI=1S/C72H110ClF3N12O14S/c1-46(2)39-53-65(95)82(5)44-60(91)80(3)45-61(92)84(7)56(41-47-23-14-11-15-24-47)67(97)81(4)43-58(89)77-52(31-29-48-28-30-50(51(73)40-48)72(74,75)76)66(96)88-37-22-27-55(88)64(94)79-71(33-18-19-34-71)70(100)86(9)62(49-25-16-12-17-26-49)69(99)85(8)57(68(98)87-35-20-13-21-36-87)42-59(90)83(6)54(63(93)78-53)32-38-103(10,101)102/h28,30,40,46-47,49,52-57,62H,11-27,29,31-39,41-45H2,1-10H3,(H,77,89)(H,78,93)(H,79,94)/t52-,53-,54-,55-,56-,57-,62-/m0/s1. The molecule has 1 aromatic rings. The highest BCUT2D eigenvalue weighted by Gasteiger charge is 2.51. The van der Waals surface area contributed by atoms with Gasteiger partial charge >= 0.3 is 6.18 Å². The molecule has 7 atom stereocenters. The molecule has 0 radical (unpaired) electrons. The first-order valence-electron chi connectivity index (χ1n) is 36.8. The quantitative estimate of drug-likeness (QED) is 0.253. The summed E-state index contributed by atoms with van der Waals surface area (Å²) in [5.74, 6) is -9.95. The van der Waals surface area contributed by atoms with E-state index in [1.54, 1.807) is 18.7 Å². The van der Waals surface area contributed by atoms with Crippen molar-refractivity contribution in [1.29, 1.82) is 0 Å². The van der Waals surface area contributed by atoms with Gasteiger partial charge in [0.2, 0.25) is 70.9 Å². The number of carbonyl (C=O) groups excluding carboxylic acids is 12. The van der Waals surface area contributed by atoms with Crippen molar-refractivity contribution in [3.8, 4) is 0 Å². The maximum absolute atomic E-state index is 15.8. The number of piperidine rings is 1. The predicted octanol–water partition coefficient (Wildman–Crippen LogP) is 4.81.